The summed E-state index contributed by atoms with van der Waals surface area (Å²) < 4.78 is 5.19. The lowest BCUT2D eigenvalue weighted by Gasteiger charge is -2.20. The molecule has 82 valence electrons. The Morgan fingerprint density at radius 2 is 2.40 bits per heavy atom. The van der Waals surface area contributed by atoms with Gasteiger partial charge in [0.15, 0.2) is 0 Å². The molecule has 0 saturated carbocycles. The van der Waals surface area contributed by atoms with Crippen LogP contribution in [0.2, 0.25) is 0 Å². The molecule has 0 amide bonds. The third-order valence-electron chi connectivity index (χ3n) is 2.09. The van der Waals surface area contributed by atoms with Gasteiger partial charge in [0.05, 0.1) is 11.0 Å². The van der Waals surface area contributed by atoms with E-state index in [0.29, 0.717) is 6.42 Å². The Hall–Kier alpha value is -1.20. The number of methoxy groups -OCH3 is 1. The van der Waals surface area contributed by atoms with Crippen LogP contribution < -0.4 is 5.73 Å². The lowest BCUT2D eigenvalue weighted by Crippen LogP contribution is -2.19. The summed E-state index contributed by atoms with van der Waals surface area (Å²) in [7, 11) is 1.56. The zero-order chi connectivity index (χ0) is 11.4. The van der Waals surface area contributed by atoms with Gasteiger partial charge in [-0.05, 0) is 17.7 Å². The summed E-state index contributed by atoms with van der Waals surface area (Å²) >= 11 is 3.85. The van der Waals surface area contributed by atoms with Gasteiger partial charge in [-0.15, -0.1) is 12.6 Å². The van der Waals surface area contributed by atoms with E-state index in [1.165, 1.54) is 6.08 Å². The number of nitrogens with two attached hydrogens (primary N) is 1. The van der Waals surface area contributed by atoms with Gasteiger partial charge in [0.25, 0.3) is 0 Å². The first-order chi connectivity index (χ1) is 7.04. The van der Waals surface area contributed by atoms with E-state index in [4.69, 9.17) is 15.6 Å². The van der Waals surface area contributed by atoms with Gasteiger partial charge in [0.1, 0.15) is 0 Å². The predicted octanol–water partition coefficient (Wildman–Crippen LogP) is 1.07. The van der Waals surface area contributed by atoms with Crippen molar-refractivity contribution in [2.45, 2.75) is 12.5 Å². The fourth-order valence-electron chi connectivity index (χ4n) is 1.29. The van der Waals surface area contributed by atoms with Gasteiger partial charge in [-0.2, -0.15) is 0 Å². The summed E-state index contributed by atoms with van der Waals surface area (Å²) in [6.45, 7) is 0. The first kappa shape index (κ1) is 11.9. The number of carboxylic acid groups (broad SMARTS) is 1. The maximum absolute atomic E-state index is 10.6. The number of ether oxygens (including phenoxy) is 1. The van der Waals surface area contributed by atoms with Crippen LogP contribution in [0.15, 0.2) is 34.4 Å². The second kappa shape index (κ2) is 5.04. The average Bonchev–Trinajstić information content (AvgIpc) is 2.20. The van der Waals surface area contributed by atoms with Crippen LogP contribution in [0.25, 0.3) is 0 Å². The minimum Gasteiger partial charge on any atom is -0.477 e. The fourth-order valence-corrected chi connectivity index (χ4v) is 1.44. The molecule has 0 bridgehead atoms. The lowest BCUT2D eigenvalue weighted by atomic mass is 9.99. The molecule has 1 unspecified atom stereocenters. The summed E-state index contributed by atoms with van der Waals surface area (Å²) in [5.74, 6) is -1.06. The summed E-state index contributed by atoms with van der Waals surface area (Å²) in [5, 5.41) is 8.67. The average molecular weight is 227 g/mol. The van der Waals surface area contributed by atoms with Crippen molar-refractivity contribution in [3.8, 4) is 0 Å². The monoisotopic (exact) mass is 227 g/mol. The third kappa shape index (κ3) is 3.14. The highest BCUT2D eigenvalue weighted by molar-refractivity contribution is 7.85. The molecule has 5 heteroatoms. The minimum atomic E-state index is -1.06. The van der Waals surface area contributed by atoms with Gasteiger partial charge in [0.2, 0.25) is 0 Å². The molecule has 1 aliphatic carbocycles. The van der Waals surface area contributed by atoms with E-state index in [0.717, 1.165) is 11.3 Å². The fraction of sp³-hybridized carbons (Fsp3) is 0.300. The standard InChI is InChI=1S/C10H13NO3S/c1-14-8-5-7(11)3-2-6(8)4-9(15)10(12)13/h2-4,8,15H,5,11H2,1H3,(H,12,13). The Kier molecular flexibility index (Phi) is 3.99. The number of carboxylic acids is 1. The van der Waals surface area contributed by atoms with Crippen molar-refractivity contribution in [2.24, 2.45) is 5.73 Å². The number of aliphatic carboxylic acids is 1. The number of thiol groups is 1. The molecule has 1 aliphatic rings. The highest BCUT2D eigenvalue weighted by Gasteiger charge is 2.17. The van der Waals surface area contributed by atoms with Crippen LogP contribution >= 0.6 is 12.6 Å². The number of hydrogen-bond donors (Lipinski definition) is 3. The molecule has 4 nitrogen and oxygen atoms in total. The zero-order valence-electron chi connectivity index (χ0n) is 8.30. The second-order valence-corrected chi connectivity index (χ2v) is 3.65. The van der Waals surface area contributed by atoms with Crippen molar-refractivity contribution >= 4 is 18.6 Å². The molecular weight excluding hydrogens is 214 g/mol. The van der Waals surface area contributed by atoms with Crippen LogP contribution in [0.4, 0.5) is 0 Å². The van der Waals surface area contributed by atoms with Crippen LogP contribution in [0.3, 0.4) is 0 Å². The SMILES string of the molecule is COC1CC(N)=CC=C1C=C(S)C(=O)O. The van der Waals surface area contributed by atoms with E-state index in [1.807, 2.05) is 0 Å². The van der Waals surface area contributed by atoms with Gasteiger partial charge < -0.3 is 15.6 Å². The molecule has 0 spiro atoms. The third-order valence-corrected chi connectivity index (χ3v) is 2.41. The van der Waals surface area contributed by atoms with E-state index in [-0.39, 0.29) is 11.0 Å². The molecule has 0 aromatic carbocycles. The molecule has 3 N–H and O–H groups in total. The van der Waals surface area contributed by atoms with E-state index >= 15 is 0 Å². The number of rotatable bonds is 3. The lowest BCUT2D eigenvalue weighted by molar-refractivity contribution is -0.131. The smallest absolute Gasteiger partial charge is 0.341 e. The predicted molar refractivity (Wildman–Crippen MR) is 60.5 cm³/mol. The molecule has 0 aromatic heterocycles. The molecular formula is C10H13NO3S. The molecule has 0 aliphatic heterocycles. The van der Waals surface area contributed by atoms with Gasteiger partial charge in [-0.3, -0.25) is 0 Å². The Bertz CT molecular complexity index is 358. The summed E-state index contributed by atoms with van der Waals surface area (Å²) in [4.78, 5) is 10.6. The van der Waals surface area contributed by atoms with Crippen LogP contribution in [0.5, 0.6) is 0 Å². The molecule has 0 aromatic rings. The molecule has 0 fully saturated rings. The summed E-state index contributed by atoms with van der Waals surface area (Å²) in [6, 6.07) is 0. The number of carbonyl (C=O) groups is 1. The van der Waals surface area contributed by atoms with Crippen molar-refractivity contribution in [1.29, 1.82) is 0 Å². The van der Waals surface area contributed by atoms with Gasteiger partial charge in [-0.25, -0.2) is 4.79 Å². The minimum absolute atomic E-state index is 0.0165. The second-order valence-electron chi connectivity index (χ2n) is 3.17. The summed E-state index contributed by atoms with van der Waals surface area (Å²) in [5.41, 5.74) is 7.11. The van der Waals surface area contributed by atoms with Crippen LogP contribution in [-0.2, 0) is 9.53 Å². The largest absolute Gasteiger partial charge is 0.477 e. The highest BCUT2D eigenvalue weighted by Crippen LogP contribution is 2.21. The number of allylic oxidation sites excluding steroid dienone is 2. The van der Waals surface area contributed by atoms with Crippen LogP contribution in [0, 0.1) is 0 Å². The van der Waals surface area contributed by atoms with Gasteiger partial charge >= 0.3 is 5.97 Å². The summed E-state index contributed by atoms with van der Waals surface area (Å²) in [6.07, 6.45) is 5.33. The van der Waals surface area contributed by atoms with Crippen molar-refractivity contribution in [2.75, 3.05) is 7.11 Å². The molecule has 0 radical (unpaired) electrons. The first-order valence-corrected chi connectivity index (χ1v) is 4.82. The van der Waals surface area contributed by atoms with Crippen LogP contribution in [0.1, 0.15) is 6.42 Å². The van der Waals surface area contributed by atoms with Crippen LogP contribution in [-0.4, -0.2) is 24.3 Å². The van der Waals surface area contributed by atoms with Gasteiger partial charge in [-0.1, -0.05) is 6.08 Å². The Morgan fingerprint density at radius 1 is 1.73 bits per heavy atom. The molecule has 0 heterocycles. The Morgan fingerprint density at radius 3 is 2.93 bits per heavy atom. The molecule has 0 saturated heterocycles. The highest BCUT2D eigenvalue weighted by atomic mass is 32.1. The molecule has 1 rings (SSSR count). The topological polar surface area (TPSA) is 72.5 Å². The maximum Gasteiger partial charge on any atom is 0.341 e. The zero-order valence-corrected chi connectivity index (χ0v) is 9.20. The van der Waals surface area contributed by atoms with Crippen molar-refractivity contribution < 1.29 is 14.6 Å². The number of hydrogen-bond acceptors (Lipinski definition) is 4. The van der Waals surface area contributed by atoms with Crippen molar-refractivity contribution in [3.63, 3.8) is 0 Å². The maximum atomic E-state index is 10.6. The van der Waals surface area contributed by atoms with Crippen molar-refractivity contribution in [1.82, 2.24) is 0 Å². The van der Waals surface area contributed by atoms with E-state index in [2.05, 4.69) is 12.6 Å². The quantitative estimate of drug-likeness (QED) is 0.498. The van der Waals surface area contributed by atoms with E-state index in [9.17, 15) is 4.79 Å². The molecule has 15 heavy (non-hydrogen) atoms. The Balaban J connectivity index is 2.92. The molecule has 1 atom stereocenters. The normalized spacial score (nSPS) is 22.0. The first-order valence-electron chi connectivity index (χ1n) is 4.37. The van der Waals surface area contributed by atoms with E-state index < -0.39 is 5.97 Å². The van der Waals surface area contributed by atoms with E-state index in [1.54, 1.807) is 19.3 Å². The Labute approximate surface area is 93.5 Å². The van der Waals surface area contributed by atoms with Crippen molar-refractivity contribution in [3.05, 3.63) is 34.4 Å². The van der Waals surface area contributed by atoms with Gasteiger partial charge in [0, 0.05) is 19.2 Å².